The summed E-state index contributed by atoms with van der Waals surface area (Å²) in [4.78, 5) is 6.94. The van der Waals surface area contributed by atoms with E-state index in [2.05, 4.69) is 33.9 Å². The summed E-state index contributed by atoms with van der Waals surface area (Å²) in [6.07, 6.45) is 1.73. The number of rotatable bonds is 6. The topological polar surface area (TPSA) is 55.7 Å². The Morgan fingerprint density at radius 2 is 2.00 bits per heavy atom. The first-order chi connectivity index (χ1) is 11.7. The number of nitrogens with one attached hydrogen (secondary N) is 1. The Labute approximate surface area is 148 Å². The van der Waals surface area contributed by atoms with Crippen LogP contribution < -0.4 is 14.9 Å². The van der Waals surface area contributed by atoms with Crippen molar-refractivity contribution in [2.24, 2.45) is 5.10 Å². The van der Waals surface area contributed by atoms with Crippen molar-refractivity contribution in [3.05, 3.63) is 46.2 Å². The van der Waals surface area contributed by atoms with Gasteiger partial charge < -0.3 is 9.47 Å². The van der Waals surface area contributed by atoms with Crippen molar-refractivity contribution in [2.45, 2.75) is 6.92 Å². The molecule has 0 atom stereocenters. The van der Waals surface area contributed by atoms with Gasteiger partial charge in [-0.25, -0.2) is 4.98 Å². The van der Waals surface area contributed by atoms with Gasteiger partial charge in [0.25, 0.3) is 0 Å². The third-order valence-electron chi connectivity index (χ3n) is 3.33. The SMILES string of the molecule is COc1ccc(/C=N\Nc2nc(-c3cccs3)c(C)s2)cc1OC. The van der Waals surface area contributed by atoms with E-state index in [9.17, 15) is 0 Å². The van der Waals surface area contributed by atoms with Crippen LogP contribution in [-0.4, -0.2) is 25.4 Å². The monoisotopic (exact) mass is 359 g/mol. The van der Waals surface area contributed by atoms with Crippen LogP contribution in [0.5, 0.6) is 11.5 Å². The van der Waals surface area contributed by atoms with Gasteiger partial charge in [-0.1, -0.05) is 6.07 Å². The molecule has 0 aliphatic carbocycles. The average Bonchev–Trinajstić information content (AvgIpc) is 3.24. The molecule has 124 valence electrons. The van der Waals surface area contributed by atoms with Crippen molar-refractivity contribution in [3.8, 4) is 22.1 Å². The van der Waals surface area contributed by atoms with Gasteiger partial charge in [0.05, 0.1) is 31.0 Å². The number of benzene rings is 1. The maximum Gasteiger partial charge on any atom is 0.204 e. The number of anilines is 1. The van der Waals surface area contributed by atoms with Crippen molar-refractivity contribution in [1.82, 2.24) is 4.98 Å². The Morgan fingerprint density at radius 1 is 1.17 bits per heavy atom. The van der Waals surface area contributed by atoms with E-state index in [-0.39, 0.29) is 0 Å². The molecule has 1 N–H and O–H groups in total. The Balaban J connectivity index is 1.72. The van der Waals surface area contributed by atoms with Crippen LogP contribution in [0, 0.1) is 6.92 Å². The van der Waals surface area contributed by atoms with E-state index < -0.39 is 0 Å². The zero-order valence-electron chi connectivity index (χ0n) is 13.6. The van der Waals surface area contributed by atoms with E-state index in [1.165, 1.54) is 9.75 Å². The minimum atomic E-state index is 0.673. The molecule has 0 amide bonds. The number of hydrogen-bond donors (Lipinski definition) is 1. The molecular formula is C17H17N3O2S2. The number of nitrogens with zero attached hydrogens (tertiary/aromatic N) is 2. The van der Waals surface area contributed by atoms with Gasteiger partial charge in [0.1, 0.15) is 0 Å². The van der Waals surface area contributed by atoms with Crippen LogP contribution in [-0.2, 0) is 0 Å². The predicted octanol–water partition coefficient (Wildman–Crippen LogP) is 4.64. The molecule has 3 rings (SSSR count). The molecule has 2 heterocycles. The number of methoxy groups -OCH3 is 2. The molecule has 0 bridgehead atoms. The van der Waals surface area contributed by atoms with Crippen LogP contribution in [0.3, 0.4) is 0 Å². The summed E-state index contributed by atoms with van der Waals surface area (Å²) in [6.45, 7) is 2.07. The standard InChI is InChI=1S/C17H17N3O2S2/c1-11-16(15-5-4-8-23-15)19-17(24-11)20-18-10-12-6-7-13(21-2)14(9-12)22-3/h4-10H,1-3H3,(H,19,20)/b18-10-. The summed E-state index contributed by atoms with van der Waals surface area (Å²) in [5.74, 6) is 1.37. The lowest BCUT2D eigenvalue weighted by molar-refractivity contribution is 0.355. The van der Waals surface area contributed by atoms with Crippen molar-refractivity contribution in [1.29, 1.82) is 0 Å². The quantitative estimate of drug-likeness (QED) is 0.514. The van der Waals surface area contributed by atoms with Gasteiger partial charge in [-0.2, -0.15) is 5.10 Å². The summed E-state index contributed by atoms with van der Waals surface area (Å²) in [5.41, 5.74) is 4.91. The number of thiophene rings is 1. The van der Waals surface area contributed by atoms with E-state index in [0.717, 1.165) is 16.4 Å². The molecule has 0 aliphatic rings. The zero-order chi connectivity index (χ0) is 16.9. The average molecular weight is 359 g/mol. The molecule has 0 unspecified atom stereocenters. The van der Waals surface area contributed by atoms with Crippen LogP contribution in [0.1, 0.15) is 10.4 Å². The summed E-state index contributed by atoms with van der Waals surface area (Å²) < 4.78 is 10.5. The highest BCUT2D eigenvalue weighted by Crippen LogP contribution is 2.33. The van der Waals surface area contributed by atoms with Gasteiger partial charge in [-0.05, 0) is 42.1 Å². The number of aryl methyl sites for hydroxylation is 1. The molecule has 0 saturated carbocycles. The van der Waals surface area contributed by atoms with Crippen LogP contribution in [0.25, 0.3) is 10.6 Å². The highest BCUT2D eigenvalue weighted by atomic mass is 32.1. The van der Waals surface area contributed by atoms with Gasteiger partial charge in [0, 0.05) is 4.88 Å². The lowest BCUT2D eigenvalue weighted by Crippen LogP contribution is -1.93. The summed E-state index contributed by atoms with van der Waals surface area (Å²) in [6, 6.07) is 9.73. The minimum absolute atomic E-state index is 0.673. The fourth-order valence-corrected chi connectivity index (χ4v) is 3.79. The van der Waals surface area contributed by atoms with Gasteiger partial charge in [-0.3, -0.25) is 5.43 Å². The molecule has 3 aromatic rings. The molecule has 7 heteroatoms. The maximum atomic E-state index is 5.29. The van der Waals surface area contributed by atoms with Crippen molar-refractivity contribution in [2.75, 3.05) is 19.6 Å². The van der Waals surface area contributed by atoms with E-state index in [1.54, 1.807) is 43.1 Å². The number of ether oxygens (including phenoxy) is 2. The van der Waals surface area contributed by atoms with E-state index >= 15 is 0 Å². The first-order valence-corrected chi connectivity index (χ1v) is 8.93. The number of hydrogen-bond acceptors (Lipinski definition) is 7. The molecule has 2 aromatic heterocycles. The second-order valence-corrected chi connectivity index (χ2v) is 7.04. The van der Waals surface area contributed by atoms with Gasteiger partial charge in [0.15, 0.2) is 11.5 Å². The fourth-order valence-electron chi connectivity index (χ4n) is 2.18. The van der Waals surface area contributed by atoms with E-state index in [0.29, 0.717) is 11.5 Å². The lowest BCUT2D eigenvalue weighted by atomic mass is 10.2. The lowest BCUT2D eigenvalue weighted by Gasteiger charge is -2.07. The zero-order valence-corrected chi connectivity index (χ0v) is 15.2. The Kier molecular flexibility index (Phi) is 5.12. The first-order valence-electron chi connectivity index (χ1n) is 7.23. The van der Waals surface area contributed by atoms with Crippen molar-refractivity contribution in [3.63, 3.8) is 0 Å². The molecule has 0 spiro atoms. The maximum absolute atomic E-state index is 5.29. The Morgan fingerprint density at radius 3 is 2.71 bits per heavy atom. The van der Waals surface area contributed by atoms with Crippen molar-refractivity contribution >= 4 is 34.0 Å². The third-order valence-corrected chi connectivity index (χ3v) is 5.08. The molecule has 1 aromatic carbocycles. The molecule has 0 fully saturated rings. The van der Waals surface area contributed by atoms with Crippen LogP contribution in [0.2, 0.25) is 0 Å². The minimum Gasteiger partial charge on any atom is -0.493 e. The summed E-state index contributed by atoms with van der Waals surface area (Å²) >= 11 is 3.27. The van der Waals surface area contributed by atoms with Crippen LogP contribution >= 0.6 is 22.7 Å². The largest absolute Gasteiger partial charge is 0.493 e. The molecule has 24 heavy (non-hydrogen) atoms. The third kappa shape index (κ3) is 3.58. The summed E-state index contributed by atoms with van der Waals surface area (Å²) in [7, 11) is 3.23. The van der Waals surface area contributed by atoms with Gasteiger partial charge in [-0.15, -0.1) is 22.7 Å². The molecular weight excluding hydrogens is 342 g/mol. The summed E-state index contributed by atoms with van der Waals surface area (Å²) in [5, 5.41) is 7.08. The Hall–Kier alpha value is -2.38. The second kappa shape index (κ2) is 7.46. The highest BCUT2D eigenvalue weighted by molar-refractivity contribution is 7.17. The van der Waals surface area contributed by atoms with E-state index in [1.807, 2.05) is 24.3 Å². The first kappa shape index (κ1) is 16.5. The normalized spacial score (nSPS) is 11.0. The molecule has 0 aliphatic heterocycles. The highest BCUT2D eigenvalue weighted by Gasteiger charge is 2.10. The molecule has 0 saturated heterocycles. The number of aromatic nitrogens is 1. The molecule has 0 radical (unpaired) electrons. The molecule has 5 nitrogen and oxygen atoms in total. The van der Waals surface area contributed by atoms with Gasteiger partial charge in [0.2, 0.25) is 5.13 Å². The predicted molar refractivity (Wildman–Crippen MR) is 101 cm³/mol. The number of hydrazone groups is 1. The Bertz CT molecular complexity index is 842. The van der Waals surface area contributed by atoms with Crippen LogP contribution in [0.4, 0.5) is 5.13 Å². The van der Waals surface area contributed by atoms with Crippen molar-refractivity contribution < 1.29 is 9.47 Å². The number of thiazole rings is 1. The van der Waals surface area contributed by atoms with E-state index in [4.69, 9.17) is 9.47 Å². The smallest absolute Gasteiger partial charge is 0.204 e. The second-order valence-electron chi connectivity index (χ2n) is 4.89. The van der Waals surface area contributed by atoms with Gasteiger partial charge >= 0.3 is 0 Å². The fraction of sp³-hybridized carbons (Fsp3) is 0.176. The van der Waals surface area contributed by atoms with Crippen LogP contribution in [0.15, 0.2) is 40.8 Å².